The fourth-order valence-electron chi connectivity index (χ4n) is 1.88. The van der Waals surface area contributed by atoms with E-state index in [0.717, 1.165) is 6.42 Å². The number of aromatic nitrogens is 1. The first-order valence-corrected chi connectivity index (χ1v) is 5.45. The molecule has 0 aliphatic rings. The zero-order chi connectivity index (χ0) is 11.6. The number of hydrogen-bond acceptors (Lipinski definition) is 1. The molecule has 0 fully saturated rings. The molecule has 0 saturated carbocycles. The Kier molecular flexibility index (Phi) is 3.80. The van der Waals surface area contributed by atoms with E-state index >= 15 is 0 Å². The van der Waals surface area contributed by atoms with Crippen LogP contribution in [0.5, 0.6) is 0 Å². The van der Waals surface area contributed by atoms with Crippen LogP contribution in [-0.4, -0.2) is 15.6 Å². The first-order chi connectivity index (χ1) is 6.97. The summed E-state index contributed by atoms with van der Waals surface area (Å²) < 4.78 is 1.76. The lowest BCUT2D eigenvalue weighted by Crippen LogP contribution is -2.18. The van der Waals surface area contributed by atoms with Crippen molar-refractivity contribution in [2.45, 2.75) is 33.2 Å². The maximum Gasteiger partial charge on any atom is 0.352 e. The molecule has 0 aliphatic carbocycles. The Labute approximate surface area is 94.7 Å². The smallest absolute Gasteiger partial charge is 0.352 e. The highest BCUT2D eigenvalue weighted by Gasteiger charge is 2.20. The van der Waals surface area contributed by atoms with Crippen LogP contribution < -0.4 is 0 Å². The minimum Gasteiger partial charge on any atom is -0.477 e. The van der Waals surface area contributed by atoms with Crippen molar-refractivity contribution in [3.05, 3.63) is 23.0 Å². The molecule has 0 aliphatic heterocycles. The molecule has 1 heterocycles. The molecule has 3 nitrogen and oxygen atoms in total. The van der Waals surface area contributed by atoms with Crippen molar-refractivity contribution in [1.29, 1.82) is 0 Å². The third-order valence-corrected chi connectivity index (χ3v) is 2.79. The summed E-state index contributed by atoms with van der Waals surface area (Å²) in [7, 11) is 0. The van der Waals surface area contributed by atoms with Gasteiger partial charge >= 0.3 is 5.97 Å². The van der Waals surface area contributed by atoms with E-state index in [1.54, 1.807) is 10.8 Å². The van der Waals surface area contributed by atoms with Crippen LogP contribution >= 0.6 is 11.6 Å². The first kappa shape index (κ1) is 12.1. The summed E-state index contributed by atoms with van der Waals surface area (Å²) in [4.78, 5) is 11.0. The second-order valence-corrected chi connectivity index (χ2v) is 4.41. The van der Waals surface area contributed by atoms with Crippen LogP contribution in [0.15, 0.2) is 12.3 Å². The summed E-state index contributed by atoms with van der Waals surface area (Å²) in [5.41, 5.74) is 0.264. The summed E-state index contributed by atoms with van der Waals surface area (Å²) in [6, 6.07) is 1.68. The van der Waals surface area contributed by atoms with Gasteiger partial charge < -0.3 is 9.67 Å². The number of nitrogens with zero attached hydrogens (tertiary/aromatic N) is 1. The Morgan fingerprint density at radius 2 is 2.20 bits per heavy atom. The average Bonchev–Trinajstić information content (AvgIpc) is 2.48. The Bertz CT molecular complexity index is 357. The van der Waals surface area contributed by atoms with Crippen molar-refractivity contribution in [2.75, 3.05) is 0 Å². The van der Waals surface area contributed by atoms with E-state index < -0.39 is 5.97 Å². The standard InChI is InChI=1S/C11H16ClNO2/c1-4-9(7(2)3)13-6-8(12)5-10(13)11(14)15/h5-7,9H,4H2,1-3H3,(H,14,15). The largest absolute Gasteiger partial charge is 0.477 e. The predicted molar refractivity (Wildman–Crippen MR) is 60.6 cm³/mol. The molecule has 84 valence electrons. The van der Waals surface area contributed by atoms with E-state index in [1.165, 1.54) is 6.07 Å². The monoisotopic (exact) mass is 229 g/mol. The molecule has 1 rings (SSSR count). The highest BCUT2D eigenvalue weighted by atomic mass is 35.5. The molecule has 15 heavy (non-hydrogen) atoms. The fraction of sp³-hybridized carbons (Fsp3) is 0.545. The van der Waals surface area contributed by atoms with Crippen LogP contribution in [0.4, 0.5) is 0 Å². The lowest BCUT2D eigenvalue weighted by molar-refractivity contribution is 0.0680. The van der Waals surface area contributed by atoms with Gasteiger partial charge in [-0.3, -0.25) is 0 Å². The molecule has 1 atom stereocenters. The van der Waals surface area contributed by atoms with Gasteiger partial charge in [0.15, 0.2) is 0 Å². The number of rotatable bonds is 4. The van der Waals surface area contributed by atoms with Crippen LogP contribution in [-0.2, 0) is 0 Å². The highest BCUT2D eigenvalue weighted by Crippen LogP contribution is 2.26. The molecular formula is C11H16ClNO2. The van der Waals surface area contributed by atoms with Gasteiger partial charge in [0.05, 0.1) is 5.02 Å². The van der Waals surface area contributed by atoms with Gasteiger partial charge in [-0.2, -0.15) is 0 Å². The second-order valence-electron chi connectivity index (χ2n) is 3.98. The van der Waals surface area contributed by atoms with Crippen molar-refractivity contribution < 1.29 is 9.90 Å². The summed E-state index contributed by atoms with van der Waals surface area (Å²) in [6.07, 6.45) is 2.59. The minimum atomic E-state index is -0.930. The minimum absolute atomic E-state index is 0.184. The molecule has 4 heteroatoms. The number of aromatic carboxylic acids is 1. The topological polar surface area (TPSA) is 42.2 Å². The van der Waals surface area contributed by atoms with E-state index in [1.807, 2.05) is 6.92 Å². The van der Waals surface area contributed by atoms with Crippen molar-refractivity contribution in [3.63, 3.8) is 0 Å². The summed E-state index contributed by atoms with van der Waals surface area (Å²) in [6.45, 7) is 6.20. The molecular weight excluding hydrogens is 214 g/mol. The molecule has 1 aromatic heterocycles. The maximum atomic E-state index is 11.0. The number of carbonyl (C=O) groups is 1. The summed E-state index contributed by atoms with van der Waals surface area (Å²) in [5, 5.41) is 9.50. The molecule has 0 saturated heterocycles. The lowest BCUT2D eigenvalue weighted by Gasteiger charge is -2.22. The normalized spacial score (nSPS) is 13.1. The van der Waals surface area contributed by atoms with Crippen molar-refractivity contribution >= 4 is 17.6 Å². The molecule has 1 N–H and O–H groups in total. The van der Waals surface area contributed by atoms with Gasteiger partial charge in [0.1, 0.15) is 5.69 Å². The Morgan fingerprint density at radius 3 is 2.60 bits per heavy atom. The fourth-order valence-corrected chi connectivity index (χ4v) is 2.09. The van der Waals surface area contributed by atoms with E-state index in [9.17, 15) is 4.79 Å². The van der Waals surface area contributed by atoms with Crippen molar-refractivity contribution in [1.82, 2.24) is 4.57 Å². The van der Waals surface area contributed by atoms with Crippen LogP contribution in [0, 0.1) is 5.92 Å². The zero-order valence-electron chi connectivity index (χ0n) is 9.20. The number of halogens is 1. The molecule has 1 unspecified atom stereocenters. The van der Waals surface area contributed by atoms with Gasteiger partial charge in [-0.25, -0.2) is 4.79 Å². The Hall–Kier alpha value is -0.960. The van der Waals surface area contributed by atoms with Gasteiger partial charge in [-0.05, 0) is 18.4 Å². The summed E-state index contributed by atoms with van der Waals surface area (Å²) in [5.74, 6) is -0.544. The van der Waals surface area contributed by atoms with Crippen molar-refractivity contribution in [2.24, 2.45) is 5.92 Å². The molecule has 0 radical (unpaired) electrons. The first-order valence-electron chi connectivity index (χ1n) is 5.08. The molecule has 0 aromatic carbocycles. The number of hydrogen-bond donors (Lipinski definition) is 1. The number of carboxylic acid groups (broad SMARTS) is 1. The molecule has 1 aromatic rings. The van der Waals surface area contributed by atoms with Crippen LogP contribution in [0.1, 0.15) is 43.7 Å². The molecule has 0 amide bonds. The van der Waals surface area contributed by atoms with Gasteiger partial charge in [0.2, 0.25) is 0 Å². The number of carboxylic acids is 1. The van der Waals surface area contributed by atoms with Gasteiger partial charge in [0.25, 0.3) is 0 Å². The van der Waals surface area contributed by atoms with E-state index in [-0.39, 0.29) is 11.7 Å². The molecule has 0 bridgehead atoms. The quantitative estimate of drug-likeness (QED) is 0.859. The third-order valence-electron chi connectivity index (χ3n) is 2.58. The van der Waals surface area contributed by atoms with Crippen LogP contribution in [0.2, 0.25) is 5.02 Å². The van der Waals surface area contributed by atoms with Gasteiger partial charge in [-0.15, -0.1) is 0 Å². The summed E-state index contributed by atoms with van der Waals surface area (Å²) >= 11 is 5.83. The third kappa shape index (κ3) is 2.53. The Balaban J connectivity index is 3.16. The highest BCUT2D eigenvalue weighted by molar-refractivity contribution is 6.30. The van der Waals surface area contributed by atoms with E-state index in [4.69, 9.17) is 16.7 Å². The van der Waals surface area contributed by atoms with Crippen LogP contribution in [0.25, 0.3) is 0 Å². The molecule has 0 spiro atoms. The maximum absolute atomic E-state index is 11.0. The SMILES string of the molecule is CCC(C(C)C)n1cc(Cl)cc1C(=O)O. The lowest BCUT2D eigenvalue weighted by atomic mass is 10.0. The zero-order valence-corrected chi connectivity index (χ0v) is 9.95. The van der Waals surface area contributed by atoms with E-state index in [0.29, 0.717) is 10.9 Å². The van der Waals surface area contributed by atoms with E-state index in [2.05, 4.69) is 13.8 Å². The van der Waals surface area contributed by atoms with Crippen molar-refractivity contribution in [3.8, 4) is 0 Å². The van der Waals surface area contributed by atoms with Gasteiger partial charge in [-0.1, -0.05) is 32.4 Å². The second kappa shape index (κ2) is 4.71. The van der Waals surface area contributed by atoms with Crippen LogP contribution in [0.3, 0.4) is 0 Å². The Morgan fingerprint density at radius 1 is 1.60 bits per heavy atom. The van der Waals surface area contributed by atoms with Gasteiger partial charge in [0, 0.05) is 12.2 Å². The average molecular weight is 230 g/mol. The predicted octanol–water partition coefficient (Wildman–Crippen LogP) is 3.45.